The van der Waals surface area contributed by atoms with Crippen molar-refractivity contribution in [1.82, 2.24) is 20.4 Å². The summed E-state index contributed by atoms with van der Waals surface area (Å²) >= 11 is 0. The Morgan fingerprint density at radius 1 is 1.58 bits per heavy atom. The summed E-state index contributed by atoms with van der Waals surface area (Å²) in [5, 5.41) is 7.12. The molecule has 1 aliphatic rings. The van der Waals surface area contributed by atoms with Gasteiger partial charge in [-0.3, -0.25) is 9.69 Å². The first-order valence-electron chi connectivity index (χ1n) is 6.45. The summed E-state index contributed by atoms with van der Waals surface area (Å²) in [7, 11) is 0. The number of hydrogen-bond donors (Lipinski definition) is 2. The van der Waals surface area contributed by atoms with E-state index < -0.39 is 0 Å². The van der Waals surface area contributed by atoms with E-state index in [0.717, 1.165) is 13.1 Å². The molecule has 2 rings (SSSR count). The van der Waals surface area contributed by atoms with E-state index in [-0.39, 0.29) is 17.4 Å². The van der Waals surface area contributed by atoms with Crippen molar-refractivity contribution in [1.29, 1.82) is 0 Å². The molecule has 0 radical (unpaired) electrons. The maximum absolute atomic E-state index is 11.4. The lowest BCUT2D eigenvalue weighted by Gasteiger charge is -2.32. The standard InChI is InChI=1S/C12H21N5O2/c1-12(2,3)11-15-9(16-19-11)7-17-5-4-14-6-8(17)10(13)18/h8,14H,4-7H2,1-3H3,(H2,13,18). The van der Waals surface area contributed by atoms with Gasteiger partial charge in [0.2, 0.25) is 11.8 Å². The molecular formula is C12H21N5O2. The zero-order valence-electron chi connectivity index (χ0n) is 11.6. The number of nitrogens with one attached hydrogen (secondary N) is 1. The molecular weight excluding hydrogens is 246 g/mol. The topological polar surface area (TPSA) is 97.3 Å². The van der Waals surface area contributed by atoms with Crippen LogP contribution in [-0.4, -0.2) is 46.6 Å². The largest absolute Gasteiger partial charge is 0.368 e. The third-order valence-electron chi connectivity index (χ3n) is 3.14. The van der Waals surface area contributed by atoms with Crippen LogP contribution in [0.25, 0.3) is 0 Å². The van der Waals surface area contributed by atoms with Crippen molar-refractivity contribution in [2.24, 2.45) is 5.73 Å². The predicted octanol–water partition coefficient (Wildman–Crippen LogP) is -0.374. The van der Waals surface area contributed by atoms with Crippen LogP contribution in [0.1, 0.15) is 32.5 Å². The first-order chi connectivity index (χ1) is 8.88. The number of nitrogens with two attached hydrogens (primary N) is 1. The second kappa shape index (κ2) is 5.26. The van der Waals surface area contributed by atoms with Gasteiger partial charge in [0.25, 0.3) is 0 Å². The Bertz CT molecular complexity index is 451. The minimum atomic E-state index is -0.327. The SMILES string of the molecule is CC(C)(C)c1nc(CN2CCNCC2C(N)=O)no1. The Morgan fingerprint density at radius 2 is 2.32 bits per heavy atom. The van der Waals surface area contributed by atoms with Gasteiger partial charge in [0.15, 0.2) is 5.82 Å². The Morgan fingerprint density at radius 3 is 2.89 bits per heavy atom. The van der Waals surface area contributed by atoms with Gasteiger partial charge in [-0.2, -0.15) is 4.98 Å². The zero-order chi connectivity index (χ0) is 14.0. The smallest absolute Gasteiger partial charge is 0.236 e. The van der Waals surface area contributed by atoms with Crippen molar-refractivity contribution in [3.05, 3.63) is 11.7 Å². The molecule has 1 fully saturated rings. The van der Waals surface area contributed by atoms with Crippen LogP contribution < -0.4 is 11.1 Å². The lowest BCUT2D eigenvalue weighted by molar-refractivity contribution is -0.124. The Hall–Kier alpha value is -1.47. The third-order valence-corrected chi connectivity index (χ3v) is 3.14. The van der Waals surface area contributed by atoms with Crippen molar-refractivity contribution in [3.63, 3.8) is 0 Å². The van der Waals surface area contributed by atoms with Crippen LogP contribution >= 0.6 is 0 Å². The van der Waals surface area contributed by atoms with Gasteiger partial charge in [-0.25, -0.2) is 0 Å². The average molecular weight is 267 g/mol. The fourth-order valence-corrected chi connectivity index (χ4v) is 2.02. The molecule has 0 saturated carbocycles. The molecule has 1 atom stereocenters. The minimum absolute atomic E-state index is 0.169. The lowest BCUT2D eigenvalue weighted by Crippen LogP contribution is -2.56. The summed E-state index contributed by atoms with van der Waals surface area (Å²) in [6.45, 7) is 8.67. The van der Waals surface area contributed by atoms with Crippen LogP contribution in [0.15, 0.2) is 4.52 Å². The fourth-order valence-electron chi connectivity index (χ4n) is 2.02. The highest BCUT2D eigenvalue weighted by atomic mass is 16.5. The Balaban J connectivity index is 2.07. The molecule has 0 aliphatic carbocycles. The van der Waals surface area contributed by atoms with E-state index in [2.05, 4.69) is 15.5 Å². The minimum Gasteiger partial charge on any atom is -0.368 e. The molecule has 1 unspecified atom stereocenters. The summed E-state index contributed by atoms with van der Waals surface area (Å²) in [6.07, 6.45) is 0. The Labute approximate surface area is 112 Å². The lowest BCUT2D eigenvalue weighted by atomic mass is 9.97. The summed E-state index contributed by atoms with van der Waals surface area (Å²) in [6, 6.07) is -0.315. The second-order valence-corrected chi connectivity index (χ2v) is 5.86. The number of rotatable bonds is 3. The molecule has 1 aliphatic heterocycles. The van der Waals surface area contributed by atoms with E-state index in [1.54, 1.807) is 0 Å². The molecule has 1 saturated heterocycles. The molecule has 0 spiro atoms. The van der Waals surface area contributed by atoms with E-state index in [9.17, 15) is 4.79 Å². The normalized spacial score (nSPS) is 21.5. The van der Waals surface area contributed by atoms with Crippen LogP contribution in [0.2, 0.25) is 0 Å². The molecule has 0 bridgehead atoms. The summed E-state index contributed by atoms with van der Waals surface area (Å²) in [4.78, 5) is 17.8. The number of carbonyl (C=O) groups is 1. The molecule has 7 heteroatoms. The number of amides is 1. The highest BCUT2D eigenvalue weighted by Gasteiger charge is 2.29. The zero-order valence-corrected chi connectivity index (χ0v) is 11.6. The average Bonchev–Trinajstić information content (AvgIpc) is 2.77. The predicted molar refractivity (Wildman–Crippen MR) is 69.3 cm³/mol. The quantitative estimate of drug-likeness (QED) is 0.775. The molecule has 106 valence electrons. The number of nitrogens with zero attached hydrogens (tertiary/aromatic N) is 3. The molecule has 7 nitrogen and oxygen atoms in total. The number of hydrogen-bond acceptors (Lipinski definition) is 6. The maximum atomic E-state index is 11.4. The number of primary amides is 1. The van der Waals surface area contributed by atoms with Crippen molar-refractivity contribution in [2.45, 2.75) is 38.8 Å². The summed E-state index contributed by atoms with van der Waals surface area (Å²) < 4.78 is 5.25. The van der Waals surface area contributed by atoms with Gasteiger partial charge >= 0.3 is 0 Å². The molecule has 0 aromatic carbocycles. The van der Waals surface area contributed by atoms with E-state index in [4.69, 9.17) is 10.3 Å². The summed E-state index contributed by atoms with van der Waals surface area (Å²) in [5.41, 5.74) is 5.23. The molecule has 2 heterocycles. The molecule has 1 amide bonds. The van der Waals surface area contributed by atoms with Crippen LogP contribution in [0.5, 0.6) is 0 Å². The van der Waals surface area contributed by atoms with Crippen LogP contribution in [0.4, 0.5) is 0 Å². The fraction of sp³-hybridized carbons (Fsp3) is 0.750. The first-order valence-corrected chi connectivity index (χ1v) is 6.45. The molecule has 1 aromatic heterocycles. The van der Waals surface area contributed by atoms with E-state index in [0.29, 0.717) is 24.8 Å². The van der Waals surface area contributed by atoms with Crippen molar-refractivity contribution < 1.29 is 9.32 Å². The third kappa shape index (κ3) is 3.30. The van der Waals surface area contributed by atoms with Crippen molar-refractivity contribution >= 4 is 5.91 Å². The summed E-state index contributed by atoms with van der Waals surface area (Å²) in [5.74, 6) is 0.873. The van der Waals surface area contributed by atoms with Gasteiger partial charge < -0.3 is 15.6 Å². The van der Waals surface area contributed by atoms with Crippen LogP contribution in [0, 0.1) is 0 Å². The van der Waals surface area contributed by atoms with Crippen LogP contribution in [0.3, 0.4) is 0 Å². The van der Waals surface area contributed by atoms with Gasteiger partial charge in [0.1, 0.15) is 6.04 Å². The van der Waals surface area contributed by atoms with Gasteiger partial charge in [0.05, 0.1) is 6.54 Å². The van der Waals surface area contributed by atoms with E-state index in [1.807, 2.05) is 25.7 Å². The van der Waals surface area contributed by atoms with Gasteiger partial charge in [-0.15, -0.1) is 0 Å². The maximum Gasteiger partial charge on any atom is 0.236 e. The molecule has 3 N–H and O–H groups in total. The Kier molecular flexibility index (Phi) is 3.86. The van der Waals surface area contributed by atoms with Gasteiger partial charge in [-0.05, 0) is 0 Å². The van der Waals surface area contributed by atoms with Crippen LogP contribution in [-0.2, 0) is 16.8 Å². The van der Waals surface area contributed by atoms with Crippen molar-refractivity contribution in [3.8, 4) is 0 Å². The molecule has 1 aromatic rings. The van der Waals surface area contributed by atoms with Gasteiger partial charge in [-0.1, -0.05) is 25.9 Å². The number of piperazine rings is 1. The highest BCUT2D eigenvalue weighted by molar-refractivity contribution is 5.80. The second-order valence-electron chi connectivity index (χ2n) is 5.86. The van der Waals surface area contributed by atoms with Gasteiger partial charge in [0, 0.05) is 25.0 Å². The van der Waals surface area contributed by atoms with E-state index in [1.165, 1.54) is 0 Å². The number of aromatic nitrogens is 2. The first kappa shape index (κ1) is 14.0. The monoisotopic (exact) mass is 267 g/mol. The van der Waals surface area contributed by atoms with E-state index >= 15 is 0 Å². The highest BCUT2D eigenvalue weighted by Crippen LogP contribution is 2.20. The number of carbonyl (C=O) groups excluding carboxylic acids is 1. The molecule has 19 heavy (non-hydrogen) atoms. The van der Waals surface area contributed by atoms with Crippen molar-refractivity contribution in [2.75, 3.05) is 19.6 Å².